The van der Waals surface area contributed by atoms with E-state index in [1.54, 1.807) is 6.92 Å². The monoisotopic (exact) mass is 276 g/mol. The highest BCUT2D eigenvalue weighted by atomic mass is 19.1. The van der Waals surface area contributed by atoms with Gasteiger partial charge in [0.2, 0.25) is 0 Å². The van der Waals surface area contributed by atoms with Gasteiger partial charge in [-0.15, -0.1) is 0 Å². The topological polar surface area (TPSA) is 90.0 Å². The molecule has 0 aliphatic carbocycles. The number of aromatic nitrogens is 2. The summed E-state index contributed by atoms with van der Waals surface area (Å²) in [6, 6.07) is 5.21. The van der Waals surface area contributed by atoms with Crippen LogP contribution in [0.1, 0.15) is 21.5 Å². The van der Waals surface area contributed by atoms with E-state index in [0.29, 0.717) is 0 Å². The Morgan fingerprint density at radius 2 is 2.20 bits per heavy atom. The van der Waals surface area contributed by atoms with Gasteiger partial charge in [0.15, 0.2) is 0 Å². The van der Waals surface area contributed by atoms with Crippen molar-refractivity contribution in [2.24, 2.45) is 5.84 Å². The highest BCUT2D eigenvalue weighted by molar-refractivity contribution is 5.93. The average Bonchev–Trinajstić information content (AvgIpc) is 2.43. The third kappa shape index (κ3) is 2.89. The van der Waals surface area contributed by atoms with Gasteiger partial charge in [0.25, 0.3) is 11.5 Å². The number of carbonyl (C=O) groups is 1. The second-order valence-electron chi connectivity index (χ2n) is 4.31. The minimum Gasteiger partial charge on any atom is -0.290 e. The molecule has 0 aliphatic heterocycles. The third-order valence-electron chi connectivity index (χ3n) is 2.77. The quantitative estimate of drug-likeness (QED) is 0.480. The number of hydrogen-bond acceptors (Lipinski definition) is 4. The Kier molecular flexibility index (Phi) is 3.90. The number of halogens is 1. The van der Waals surface area contributed by atoms with Gasteiger partial charge in [0.1, 0.15) is 5.82 Å². The van der Waals surface area contributed by atoms with E-state index < -0.39 is 11.7 Å². The van der Waals surface area contributed by atoms with E-state index in [0.717, 1.165) is 16.3 Å². The van der Waals surface area contributed by atoms with Gasteiger partial charge >= 0.3 is 0 Å². The van der Waals surface area contributed by atoms with Crippen molar-refractivity contribution in [1.29, 1.82) is 0 Å². The van der Waals surface area contributed by atoms with Gasteiger partial charge in [-0.3, -0.25) is 15.0 Å². The Labute approximate surface area is 114 Å². The fourth-order valence-electron chi connectivity index (χ4n) is 1.72. The van der Waals surface area contributed by atoms with Gasteiger partial charge in [0.05, 0.1) is 12.7 Å². The van der Waals surface area contributed by atoms with Gasteiger partial charge in [-0.05, 0) is 30.7 Å². The van der Waals surface area contributed by atoms with Crippen LogP contribution in [0, 0.1) is 12.7 Å². The lowest BCUT2D eigenvalue weighted by Gasteiger charge is -2.08. The minimum atomic E-state index is -0.532. The molecule has 6 nitrogen and oxygen atoms in total. The largest absolute Gasteiger partial charge is 0.290 e. The number of nitrogen functional groups attached to an aromatic ring is 1. The average molecular weight is 276 g/mol. The normalized spacial score (nSPS) is 10.3. The zero-order chi connectivity index (χ0) is 14.7. The van der Waals surface area contributed by atoms with E-state index in [4.69, 9.17) is 5.84 Å². The summed E-state index contributed by atoms with van der Waals surface area (Å²) in [7, 11) is 0. The SMILES string of the molecule is Cc1cnn(Cc2cc(C(=O)NN)ccc2F)c(=O)c1. The molecule has 2 aromatic rings. The van der Waals surface area contributed by atoms with Gasteiger partial charge in [0, 0.05) is 17.2 Å². The number of aryl methyl sites for hydroxylation is 1. The molecule has 0 radical (unpaired) electrons. The summed E-state index contributed by atoms with van der Waals surface area (Å²) in [5.41, 5.74) is 2.75. The maximum absolute atomic E-state index is 13.7. The lowest BCUT2D eigenvalue weighted by Crippen LogP contribution is -2.30. The standard InChI is InChI=1S/C13H13FN4O2/c1-8-4-12(19)18(16-6-8)7-10-5-9(13(20)17-15)2-3-11(10)14/h2-6H,7,15H2,1H3,(H,17,20). The van der Waals surface area contributed by atoms with Crippen molar-refractivity contribution >= 4 is 5.91 Å². The highest BCUT2D eigenvalue weighted by Crippen LogP contribution is 2.11. The molecule has 0 saturated heterocycles. The first-order valence-electron chi connectivity index (χ1n) is 5.84. The van der Waals surface area contributed by atoms with Crippen molar-refractivity contribution in [3.8, 4) is 0 Å². The van der Waals surface area contributed by atoms with Crippen molar-refractivity contribution in [3.05, 3.63) is 63.3 Å². The lowest BCUT2D eigenvalue weighted by atomic mass is 10.1. The number of hydrogen-bond donors (Lipinski definition) is 2. The summed E-state index contributed by atoms with van der Waals surface area (Å²) in [6.45, 7) is 1.68. The molecule has 0 spiro atoms. The van der Waals surface area contributed by atoms with Gasteiger partial charge in [-0.2, -0.15) is 5.10 Å². The maximum atomic E-state index is 13.7. The summed E-state index contributed by atoms with van der Waals surface area (Å²) < 4.78 is 14.8. The van der Waals surface area contributed by atoms with Crippen LogP contribution in [0.15, 0.2) is 35.3 Å². The van der Waals surface area contributed by atoms with Crippen molar-refractivity contribution < 1.29 is 9.18 Å². The Bertz CT molecular complexity index is 712. The zero-order valence-corrected chi connectivity index (χ0v) is 10.8. The predicted molar refractivity (Wildman–Crippen MR) is 70.4 cm³/mol. The van der Waals surface area contributed by atoms with Crippen LogP contribution in [0.3, 0.4) is 0 Å². The Morgan fingerprint density at radius 1 is 1.45 bits per heavy atom. The molecule has 3 N–H and O–H groups in total. The second-order valence-corrected chi connectivity index (χ2v) is 4.31. The van der Waals surface area contributed by atoms with Crippen LogP contribution in [0.4, 0.5) is 4.39 Å². The molecule has 0 saturated carbocycles. The predicted octanol–water partition coefficient (Wildman–Crippen LogP) is 0.343. The number of nitrogens with two attached hydrogens (primary N) is 1. The van der Waals surface area contributed by atoms with Crippen molar-refractivity contribution in [1.82, 2.24) is 15.2 Å². The summed E-state index contributed by atoms with van der Waals surface area (Å²) in [4.78, 5) is 23.1. The molecule has 0 fully saturated rings. The zero-order valence-electron chi connectivity index (χ0n) is 10.8. The molecule has 20 heavy (non-hydrogen) atoms. The molecular weight excluding hydrogens is 263 g/mol. The molecular formula is C13H13FN4O2. The number of carbonyl (C=O) groups excluding carboxylic acids is 1. The van der Waals surface area contributed by atoms with E-state index in [2.05, 4.69) is 5.10 Å². The number of benzene rings is 1. The molecule has 1 aromatic carbocycles. The van der Waals surface area contributed by atoms with Crippen molar-refractivity contribution in [2.45, 2.75) is 13.5 Å². The summed E-state index contributed by atoms with van der Waals surface area (Å²) in [5.74, 6) is 3.97. The molecule has 0 unspecified atom stereocenters. The van der Waals surface area contributed by atoms with Crippen LogP contribution in [0.25, 0.3) is 0 Å². The molecule has 0 aliphatic rings. The van der Waals surface area contributed by atoms with Crippen molar-refractivity contribution in [3.63, 3.8) is 0 Å². The van der Waals surface area contributed by atoms with E-state index in [9.17, 15) is 14.0 Å². The van der Waals surface area contributed by atoms with Gasteiger partial charge in [-0.25, -0.2) is 14.9 Å². The summed E-state index contributed by atoms with van der Waals surface area (Å²) >= 11 is 0. The number of nitrogens with one attached hydrogen (secondary N) is 1. The van der Waals surface area contributed by atoms with Crippen LogP contribution >= 0.6 is 0 Å². The number of hydrazine groups is 1. The number of nitrogens with zero attached hydrogens (tertiary/aromatic N) is 2. The number of amides is 1. The maximum Gasteiger partial charge on any atom is 0.267 e. The fraction of sp³-hybridized carbons (Fsp3) is 0.154. The van der Waals surface area contributed by atoms with Crippen LogP contribution in [0.2, 0.25) is 0 Å². The molecule has 1 aromatic heterocycles. The molecule has 0 atom stereocenters. The minimum absolute atomic E-state index is 0.0589. The van der Waals surface area contributed by atoms with Crippen LogP contribution in [-0.2, 0) is 6.54 Å². The van der Waals surface area contributed by atoms with Crippen molar-refractivity contribution in [2.75, 3.05) is 0 Å². The van der Waals surface area contributed by atoms with Crippen LogP contribution in [-0.4, -0.2) is 15.7 Å². The molecule has 2 rings (SSSR count). The van der Waals surface area contributed by atoms with Crippen LogP contribution < -0.4 is 16.8 Å². The Balaban J connectivity index is 2.37. The summed E-state index contributed by atoms with van der Waals surface area (Å²) in [5, 5.41) is 3.92. The first-order valence-corrected chi connectivity index (χ1v) is 5.84. The first-order chi connectivity index (χ1) is 9.51. The summed E-state index contributed by atoms with van der Waals surface area (Å²) in [6.07, 6.45) is 1.51. The Hall–Kier alpha value is -2.54. The Morgan fingerprint density at radius 3 is 2.85 bits per heavy atom. The molecule has 1 heterocycles. The molecule has 104 valence electrons. The van der Waals surface area contributed by atoms with Gasteiger partial charge < -0.3 is 0 Å². The molecule has 0 bridgehead atoms. The second kappa shape index (κ2) is 5.62. The highest BCUT2D eigenvalue weighted by Gasteiger charge is 2.10. The number of rotatable bonds is 3. The fourth-order valence-corrected chi connectivity index (χ4v) is 1.72. The van der Waals surface area contributed by atoms with Crippen LogP contribution in [0.5, 0.6) is 0 Å². The smallest absolute Gasteiger partial charge is 0.267 e. The van der Waals surface area contributed by atoms with Gasteiger partial charge in [-0.1, -0.05) is 0 Å². The lowest BCUT2D eigenvalue weighted by molar-refractivity contribution is 0.0953. The molecule has 7 heteroatoms. The van der Waals surface area contributed by atoms with E-state index >= 15 is 0 Å². The van der Waals surface area contributed by atoms with E-state index in [1.807, 2.05) is 5.43 Å². The van der Waals surface area contributed by atoms with E-state index in [-0.39, 0.29) is 23.2 Å². The van der Waals surface area contributed by atoms with E-state index in [1.165, 1.54) is 24.4 Å². The third-order valence-corrected chi connectivity index (χ3v) is 2.77. The first kappa shape index (κ1) is 13.9. The molecule has 1 amide bonds.